The molecule has 0 radical (unpaired) electrons. The van der Waals surface area contributed by atoms with Crippen molar-refractivity contribution >= 4 is 16.8 Å². The monoisotopic (exact) mass is 412 g/mol. The molecule has 0 fully saturated rings. The number of rotatable bonds is 6. The summed E-state index contributed by atoms with van der Waals surface area (Å²) in [5.41, 5.74) is 4.07. The number of hydrogen-bond donors (Lipinski definition) is 0. The SMILES string of the molecule is Cc1c(Cc2ccccc2)c(=O)oc2c(C)c(O[C@H](C)C(=O)c3ccccc3)ccc12. The van der Waals surface area contributed by atoms with Crippen molar-refractivity contribution in [2.45, 2.75) is 33.3 Å². The summed E-state index contributed by atoms with van der Waals surface area (Å²) in [6.07, 6.45) is -0.145. The first-order chi connectivity index (χ1) is 15.0. The molecule has 4 aromatic rings. The van der Waals surface area contributed by atoms with Crippen molar-refractivity contribution in [3.63, 3.8) is 0 Å². The summed E-state index contributed by atoms with van der Waals surface area (Å²) in [4.78, 5) is 25.4. The van der Waals surface area contributed by atoms with Gasteiger partial charge in [0.15, 0.2) is 6.10 Å². The van der Waals surface area contributed by atoms with Crippen LogP contribution in [-0.2, 0) is 6.42 Å². The van der Waals surface area contributed by atoms with Crippen LogP contribution in [0.25, 0.3) is 11.0 Å². The molecule has 4 nitrogen and oxygen atoms in total. The van der Waals surface area contributed by atoms with E-state index in [0.29, 0.717) is 34.4 Å². The predicted octanol–water partition coefficient (Wildman–Crippen LogP) is 5.65. The number of Topliss-reactive ketones (excluding diaryl/α,β-unsaturated/α-hetero) is 1. The molecule has 31 heavy (non-hydrogen) atoms. The third-order valence-corrected chi connectivity index (χ3v) is 5.61. The summed E-state index contributed by atoms with van der Waals surface area (Å²) >= 11 is 0. The van der Waals surface area contributed by atoms with Crippen LogP contribution in [0.5, 0.6) is 5.75 Å². The van der Waals surface area contributed by atoms with Crippen molar-refractivity contribution in [2.75, 3.05) is 0 Å². The van der Waals surface area contributed by atoms with Gasteiger partial charge in [0.25, 0.3) is 0 Å². The number of fused-ring (bicyclic) bond motifs is 1. The molecular formula is C27H24O4. The minimum atomic E-state index is -0.663. The molecule has 4 rings (SSSR count). The highest BCUT2D eigenvalue weighted by Gasteiger charge is 2.20. The number of ether oxygens (including phenoxy) is 1. The van der Waals surface area contributed by atoms with Crippen LogP contribution >= 0.6 is 0 Å². The normalized spacial score (nSPS) is 12.0. The molecule has 1 aromatic heterocycles. The van der Waals surface area contributed by atoms with Crippen molar-refractivity contribution in [2.24, 2.45) is 0 Å². The maximum Gasteiger partial charge on any atom is 0.340 e. The zero-order valence-corrected chi connectivity index (χ0v) is 17.8. The lowest BCUT2D eigenvalue weighted by Crippen LogP contribution is -2.24. The number of carbonyl (C=O) groups is 1. The highest BCUT2D eigenvalue weighted by molar-refractivity contribution is 5.99. The zero-order chi connectivity index (χ0) is 22.0. The van der Waals surface area contributed by atoms with Crippen LogP contribution in [0.4, 0.5) is 0 Å². The van der Waals surface area contributed by atoms with Crippen molar-refractivity contribution in [1.82, 2.24) is 0 Å². The molecule has 3 aromatic carbocycles. The lowest BCUT2D eigenvalue weighted by Gasteiger charge is -2.17. The Kier molecular flexibility index (Phi) is 5.72. The summed E-state index contributed by atoms with van der Waals surface area (Å²) < 4.78 is 11.7. The van der Waals surface area contributed by atoms with Gasteiger partial charge in [-0.2, -0.15) is 0 Å². The Hall–Kier alpha value is -3.66. The van der Waals surface area contributed by atoms with Gasteiger partial charge in [0.1, 0.15) is 11.3 Å². The van der Waals surface area contributed by atoms with Crippen LogP contribution in [0.2, 0.25) is 0 Å². The van der Waals surface area contributed by atoms with Gasteiger partial charge in [-0.3, -0.25) is 4.79 Å². The Labute approximate surface area is 181 Å². The fourth-order valence-electron chi connectivity index (χ4n) is 3.78. The second-order valence-electron chi connectivity index (χ2n) is 7.71. The van der Waals surface area contributed by atoms with Crippen LogP contribution in [0.3, 0.4) is 0 Å². The van der Waals surface area contributed by atoms with Crippen molar-refractivity contribution in [1.29, 1.82) is 0 Å². The molecule has 0 unspecified atom stereocenters. The highest BCUT2D eigenvalue weighted by Crippen LogP contribution is 2.30. The van der Waals surface area contributed by atoms with Gasteiger partial charge in [0, 0.05) is 28.5 Å². The summed E-state index contributed by atoms with van der Waals surface area (Å²) in [6.45, 7) is 5.51. The van der Waals surface area contributed by atoms with Gasteiger partial charge in [-0.05, 0) is 44.0 Å². The molecule has 4 heteroatoms. The van der Waals surface area contributed by atoms with Crippen molar-refractivity contribution < 1.29 is 13.9 Å². The van der Waals surface area contributed by atoms with E-state index in [1.807, 2.05) is 74.5 Å². The van der Waals surface area contributed by atoms with E-state index in [4.69, 9.17) is 9.15 Å². The van der Waals surface area contributed by atoms with Gasteiger partial charge in [0.05, 0.1) is 0 Å². The molecule has 0 N–H and O–H groups in total. The molecule has 0 aliphatic carbocycles. The van der Waals surface area contributed by atoms with E-state index in [0.717, 1.165) is 16.5 Å². The van der Waals surface area contributed by atoms with Gasteiger partial charge in [-0.1, -0.05) is 60.7 Å². The fraction of sp³-hybridized carbons (Fsp3) is 0.185. The van der Waals surface area contributed by atoms with E-state index >= 15 is 0 Å². The second-order valence-corrected chi connectivity index (χ2v) is 7.71. The molecule has 0 saturated carbocycles. The van der Waals surface area contributed by atoms with Crippen LogP contribution in [-0.4, -0.2) is 11.9 Å². The van der Waals surface area contributed by atoms with Gasteiger partial charge in [-0.15, -0.1) is 0 Å². The Bertz CT molecular complexity index is 1290. The molecule has 0 saturated heterocycles. The molecule has 1 heterocycles. The Morgan fingerprint density at radius 1 is 0.903 bits per heavy atom. The van der Waals surface area contributed by atoms with E-state index in [1.54, 1.807) is 19.1 Å². The number of carbonyl (C=O) groups excluding carboxylic acids is 1. The molecular weight excluding hydrogens is 388 g/mol. The summed E-state index contributed by atoms with van der Waals surface area (Å²) in [5, 5.41) is 0.873. The van der Waals surface area contributed by atoms with Gasteiger partial charge in [-0.25, -0.2) is 4.79 Å². The number of hydrogen-bond acceptors (Lipinski definition) is 4. The second kappa shape index (κ2) is 8.60. The maximum atomic E-state index is 12.8. The minimum Gasteiger partial charge on any atom is -0.482 e. The molecule has 0 spiro atoms. The average Bonchev–Trinajstić information content (AvgIpc) is 2.79. The fourth-order valence-corrected chi connectivity index (χ4v) is 3.78. The van der Waals surface area contributed by atoms with Gasteiger partial charge >= 0.3 is 5.63 Å². The lowest BCUT2D eigenvalue weighted by atomic mass is 9.98. The zero-order valence-electron chi connectivity index (χ0n) is 17.8. The van der Waals surface area contributed by atoms with E-state index in [-0.39, 0.29) is 11.4 Å². The average molecular weight is 412 g/mol. The maximum absolute atomic E-state index is 12.8. The molecule has 0 aliphatic rings. The third kappa shape index (κ3) is 4.15. The van der Waals surface area contributed by atoms with Gasteiger partial charge in [0.2, 0.25) is 5.78 Å². The van der Waals surface area contributed by atoms with Crippen molar-refractivity contribution in [3.05, 3.63) is 111 Å². The first-order valence-electron chi connectivity index (χ1n) is 10.3. The van der Waals surface area contributed by atoms with Crippen LogP contribution in [0, 0.1) is 13.8 Å². The predicted molar refractivity (Wildman–Crippen MR) is 122 cm³/mol. The van der Waals surface area contributed by atoms with Crippen LogP contribution in [0.1, 0.15) is 39.5 Å². The molecule has 0 aliphatic heterocycles. The number of aryl methyl sites for hydroxylation is 2. The summed E-state index contributed by atoms with van der Waals surface area (Å²) in [6, 6.07) is 22.6. The topological polar surface area (TPSA) is 56.5 Å². The quantitative estimate of drug-likeness (QED) is 0.303. The van der Waals surface area contributed by atoms with Crippen LogP contribution in [0.15, 0.2) is 82.0 Å². The molecule has 0 bridgehead atoms. The largest absolute Gasteiger partial charge is 0.482 e. The lowest BCUT2D eigenvalue weighted by molar-refractivity contribution is 0.0817. The number of ketones is 1. The Morgan fingerprint density at radius 2 is 1.55 bits per heavy atom. The third-order valence-electron chi connectivity index (χ3n) is 5.61. The van der Waals surface area contributed by atoms with E-state index < -0.39 is 6.10 Å². The first kappa shape index (κ1) is 20.6. The van der Waals surface area contributed by atoms with Gasteiger partial charge < -0.3 is 9.15 Å². The first-order valence-corrected chi connectivity index (χ1v) is 10.3. The standard InChI is InChI=1S/C27H24O4/c1-17-22-14-15-24(30-19(3)25(28)21-12-8-5-9-13-21)18(2)26(22)31-27(29)23(17)16-20-10-6-4-7-11-20/h4-15,19H,16H2,1-3H3/t19-/m1/s1. The van der Waals surface area contributed by atoms with Crippen molar-refractivity contribution in [3.8, 4) is 5.75 Å². The Morgan fingerprint density at radius 3 is 2.23 bits per heavy atom. The molecule has 1 atom stereocenters. The summed E-state index contributed by atoms with van der Waals surface area (Å²) in [5.74, 6) is 0.429. The van der Waals surface area contributed by atoms with E-state index in [9.17, 15) is 9.59 Å². The smallest absolute Gasteiger partial charge is 0.340 e. The minimum absolute atomic E-state index is 0.101. The molecule has 0 amide bonds. The Balaban J connectivity index is 1.67. The van der Waals surface area contributed by atoms with Crippen LogP contribution < -0.4 is 10.4 Å². The summed E-state index contributed by atoms with van der Waals surface area (Å²) in [7, 11) is 0. The molecule has 156 valence electrons. The van der Waals surface area contributed by atoms with E-state index in [2.05, 4.69) is 0 Å². The highest BCUT2D eigenvalue weighted by atomic mass is 16.5. The number of benzene rings is 3. The van der Waals surface area contributed by atoms with E-state index in [1.165, 1.54) is 0 Å².